The molecule has 0 N–H and O–H groups in total. The highest BCUT2D eigenvalue weighted by Gasteiger charge is 2.17. The predicted molar refractivity (Wildman–Crippen MR) is 229 cm³/mol. The minimum Gasteiger partial charge on any atom is -0.456 e. The van der Waals surface area contributed by atoms with E-state index in [4.69, 9.17) is 23.8 Å². The van der Waals surface area contributed by atoms with Crippen molar-refractivity contribution in [3.63, 3.8) is 0 Å². The normalized spacial score (nSPS) is 11.9. The SMILES string of the molecule is c1ccc(-c2nc(-c3ccc4c(c3)oc3ccc(-c5ccc6c7ccccc7c7ccccc7c6c5)cc34)nc(-c3ccc4oc5ccccc5c4c3)n2)cc1. The number of aromatic nitrogens is 3. The van der Waals surface area contributed by atoms with E-state index in [-0.39, 0.29) is 0 Å². The van der Waals surface area contributed by atoms with E-state index in [0.717, 1.165) is 66.1 Å². The Labute approximate surface area is 320 Å². The molecule has 3 heterocycles. The van der Waals surface area contributed by atoms with Gasteiger partial charge in [-0.05, 0) is 98.0 Å². The third-order valence-corrected chi connectivity index (χ3v) is 11.1. The number of para-hydroxylation sites is 1. The summed E-state index contributed by atoms with van der Waals surface area (Å²) < 4.78 is 12.6. The van der Waals surface area contributed by atoms with Gasteiger partial charge in [0, 0.05) is 38.2 Å². The molecule has 3 aromatic heterocycles. The summed E-state index contributed by atoms with van der Waals surface area (Å²) in [6, 6.07) is 61.2. The van der Waals surface area contributed by atoms with E-state index < -0.39 is 0 Å². The quantitative estimate of drug-likeness (QED) is 0.170. The first-order valence-electron chi connectivity index (χ1n) is 18.8. The van der Waals surface area contributed by atoms with Gasteiger partial charge in [0.15, 0.2) is 17.5 Å². The van der Waals surface area contributed by atoms with Crippen LogP contribution in [0.2, 0.25) is 0 Å². The Bertz CT molecular complexity index is 3510. The molecule has 0 atom stereocenters. The van der Waals surface area contributed by atoms with Gasteiger partial charge in [-0.2, -0.15) is 0 Å². The van der Waals surface area contributed by atoms with E-state index in [2.05, 4.69) is 109 Å². The molecule has 0 radical (unpaired) electrons. The van der Waals surface area contributed by atoms with Crippen LogP contribution in [-0.2, 0) is 0 Å². The second-order valence-electron chi connectivity index (χ2n) is 14.4. The summed E-state index contributed by atoms with van der Waals surface area (Å²) in [5.74, 6) is 1.77. The molecule has 0 spiro atoms. The van der Waals surface area contributed by atoms with Gasteiger partial charge in [0.1, 0.15) is 22.3 Å². The average molecular weight is 716 g/mol. The Kier molecular flexibility index (Phi) is 6.56. The van der Waals surface area contributed by atoms with Crippen LogP contribution in [0.15, 0.2) is 185 Å². The van der Waals surface area contributed by atoms with E-state index >= 15 is 0 Å². The third kappa shape index (κ3) is 4.78. The number of hydrogen-bond donors (Lipinski definition) is 0. The molecule has 0 aliphatic carbocycles. The smallest absolute Gasteiger partial charge is 0.164 e. The summed E-state index contributed by atoms with van der Waals surface area (Å²) in [7, 11) is 0. The Hall–Kier alpha value is -7.63. The van der Waals surface area contributed by atoms with E-state index in [1.807, 2.05) is 66.7 Å². The van der Waals surface area contributed by atoms with E-state index in [9.17, 15) is 0 Å². The monoisotopic (exact) mass is 715 g/mol. The molecule has 260 valence electrons. The molecule has 56 heavy (non-hydrogen) atoms. The van der Waals surface area contributed by atoms with E-state index in [1.165, 1.54) is 37.9 Å². The molecule has 0 amide bonds. The summed E-state index contributed by atoms with van der Waals surface area (Å²) in [6.45, 7) is 0. The highest BCUT2D eigenvalue weighted by molar-refractivity contribution is 6.25. The lowest BCUT2D eigenvalue weighted by atomic mass is 9.92. The van der Waals surface area contributed by atoms with Crippen molar-refractivity contribution in [2.24, 2.45) is 0 Å². The first kappa shape index (κ1) is 30.8. The maximum absolute atomic E-state index is 6.51. The number of furan rings is 2. The van der Waals surface area contributed by atoms with Crippen molar-refractivity contribution in [1.82, 2.24) is 15.0 Å². The van der Waals surface area contributed by atoms with Crippen molar-refractivity contribution in [1.29, 1.82) is 0 Å². The largest absolute Gasteiger partial charge is 0.456 e. The van der Waals surface area contributed by atoms with Gasteiger partial charge >= 0.3 is 0 Å². The van der Waals surface area contributed by atoms with Crippen LogP contribution in [0.1, 0.15) is 0 Å². The minimum absolute atomic E-state index is 0.574. The van der Waals surface area contributed by atoms with Crippen molar-refractivity contribution in [2.45, 2.75) is 0 Å². The van der Waals surface area contributed by atoms with Crippen molar-refractivity contribution in [2.75, 3.05) is 0 Å². The summed E-state index contributed by atoms with van der Waals surface area (Å²) in [5.41, 5.74) is 8.25. The molecular formula is C51H29N3O2. The average Bonchev–Trinajstić information content (AvgIpc) is 3.83. The standard InChI is InChI=1S/C51H29N3O2/c1-2-10-30(11-3-1)49-52-50(33-21-25-46-44(28-33)40-16-8-9-17-45(40)55-46)54-51(53-49)34-19-23-41-43-27-32(20-24-47(43)56-48(41)29-34)31-18-22-39-37-14-5-4-12-35(37)36-13-6-7-15-38(36)42(39)26-31/h1-29H. The van der Waals surface area contributed by atoms with Gasteiger partial charge in [0.2, 0.25) is 0 Å². The molecule has 5 nitrogen and oxygen atoms in total. The van der Waals surface area contributed by atoms with Crippen LogP contribution in [0.3, 0.4) is 0 Å². The molecule has 12 rings (SSSR count). The fourth-order valence-electron chi connectivity index (χ4n) is 8.40. The van der Waals surface area contributed by atoms with Crippen LogP contribution in [0, 0.1) is 0 Å². The number of rotatable bonds is 4. The van der Waals surface area contributed by atoms with Crippen molar-refractivity contribution in [3.05, 3.63) is 176 Å². The van der Waals surface area contributed by atoms with Crippen molar-refractivity contribution >= 4 is 76.2 Å². The molecule has 0 aliphatic heterocycles. The maximum Gasteiger partial charge on any atom is 0.164 e. The zero-order valence-electron chi connectivity index (χ0n) is 29.9. The highest BCUT2D eigenvalue weighted by Crippen LogP contribution is 2.40. The predicted octanol–water partition coefficient (Wildman–Crippen LogP) is 13.8. The summed E-state index contributed by atoms with van der Waals surface area (Å²) in [5, 5.41) is 11.8. The number of hydrogen-bond acceptors (Lipinski definition) is 5. The van der Waals surface area contributed by atoms with Crippen molar-refractivity contribution < 1.29 is 8.83 Å². The molecule has 0 saturated heterocycles. The molecule has 0 saturated carbocycles. The third-order valence-electron chi connectivity index (χ3n) is 11.1. The van der Waals surface area contributed by atoms with Gasteiger partial charge < -0.3 is 8.83 Å². The minimum atomic E-state index is 0.574. The Morgan fingerprint density at radius 3 is 1.30 bits per heavy atom. The fourth-order valence-corrected chi connectivity index (χ4v) is 8.40. The summed E-state index contributed by atoms with van der Waals surface area (Å²) in [6.07, 6.45) is 0. The zero-order chi connectivity index (χ0) is 36.7. The van der Waals surface area contributed by atoms with Gasteiger partial charge in [-0.1, -0.05) is 121 Å². The molecule has 5 heteroatoms. The van der Waals surface area contributed by atoms with Crippen LogP contribution >= 0.6 is 0 Å². The van der Waals surface area contributed by atoms with E-state index in [0.29, 0.717) is 17.5 Å². The van der Waals surface area contributed by atoms with Gasteiger partial charge in [-0.15, -0.1) is 0 Å². The molecule has 0 aliphatic rings. The number of nitrogens with zero attached hydrogens (tertiary/aromatic N) is 3. The lowest BCUT2D eigenvalue weighted by Crippen LogP contribution is -2.00. The van der Waals surface area contributed by atoms with Gasteiger partial charge in [0.25, 0.3) is 0 Å². The zero-order valence-corrected chi connectivity index (χ0v) is 29.9. The molecule has 0 unspecified atom stereocenters. The molecular weight excluding hydrogens is 687 g/mol. The lowest BCUT2D eigenvalue weighted by molar-refractivity contribution is 0.668. The van der Waals surface area contributed by atoms with Crippen molar-refractivity contribution in [3.8, 4) is 45.3 Å². The van der Waals surface area contributed by atoms with Gasteiger partial charge in [-0.3, -0.25) is 0 Å². The van der Waals surface area contributed by atoms with Gasteiger partial charge in [0.05, 0.1) is 0 Å². The van der Waals surface area contributed by atoms with Crippen LogP contribution in [0.25, 0.3) is 121 Å². The topological polar surface area (TPSA) is 65.0 Å². The van der Waals surface area contributed by atoms with Crippen LogP contribution in [-0.4, -0.2) is 15.0 Å². The Morgan fingerprint density at radius 2 is 0.625 bits per heavy atom. The Balaban J connectivity index is 0.978. The molecule has 0 bridgehead atoms. The van der Waals surface area contributed by atoms with E-state index in [1.54, 1.807) is 0 Å². The number of benzene rings is 9. The summed E-state index contributed by atoms with van der Waals surface area (Å²) >= 11 is 0. The lowest BCUT2D eigenvalue weighted by Gasteiger charge is -2.12. The first-order chi connectivity index (χ1) is 27.7. The fraction of sp³-hybridized carbons (Fsp3) is 0. The van der Waals surface area contributed by atoms with Gasteiger partial charge in [-0.25, -0.2) is 15.0 Å². The molecule has 9 aromatic carbocycles. The maximum atomic E-state index is 6.51. The summed E-state index contributed by atoms with van der Waals surface area (Å²) in [4.78, 5) is 15.0. The second kappa shape index (κ2) is 11.9. The first-order valence-corrected chi connectivity index (χ1v) is 18.8. The number of fused-ring (bicyclic) bond motifs is 12. The highest BCUT2D eigenvalue weighted by atomic mass is 16.3. The van der Waals surface area contributed by atoms with Crippen LogP contribution < -0.4 is 0 Å². The molecule has 12 aromatic rings. The molecule has 0 fully saturated rings. The second-order valence-corrected chi connectivity index (χ2v) is 14.4. The van der Waals surface area contributed by atoms with Crippen LogP contribution in [0.5, 0.6) is 0 Å². The Morgan fingerprint density at radius 1 is 0.232 bits per heavy atom. The van der Waals surface area contributed by atoms with Crippen LogP contribution in [0.4, 0.5) is 0 Å².